The molecule has 0 amide bonds. The normalized spacial score (nSPS) is 10.0. The van der Waals surface area contributed by atoms with Gasteiger partial charge in [0.05, 0.1) is 0 Å². The van der Waals surface area contributed by atoms with Crippen LogP contribution in [0.15, 0.2) is 5.38 Å². The quantitative estimate of drug-likeness (QED) is 0.591. The molecule has 0 fully saturated rings. The summed E-state index contributed by atoms with van der Waals surface area (Å²) in [5.41, 5.74) is 1.36. The molecule has 1 aromatic rings. The summed E-state index contributed by atoms with van der Waals surface area (Å²) in [4.78, 5) is 1.38. The maximum Gasteiger partial charge on any atom is 0.0124 e. The van der Waals surface area contributed by atoms with E-state index in [0.29, 0.717) is 0 Å². The van der Waals surface area contributed by atoms with E-state index in [-0.39, 0.29) is 0 Å². The summed E-state index contributed by atoms with van der Waals surface area (Å²) >= 11 is 1.82. The smallest absolute Gasteiger partial charge is 0.0124 e. The van der Waals surface area contributed by atoms with Crippen LogP contribution in [0.4, 0.5) is 0 Å². The molecule has 1 heteroatoms. The van der Waals surface area contributed by atoms with E-state index in [1.807, 2.05) is 11.3 Å². The summed E-state index contributed by atoms with van der Waals surface area (Å²) in [6, 6.07) is 3.33. The highest BCUT2D eigenvalue weighted by Gasteiger charge is 1.94. The number of aryl methyl sites for hydroxylation is 2. The summed E-state index contributed by atoms with van der Waals surface area (Å²) in [7, 11) is 0. The predicted molar refractivity (Wildman–Crippen MR) is 41.9 cm³/mol. The average molecular weight is 139 g/mol. The van der Waals surface area contributed by atoms with E-state index in [4.69, 9.17) is 0 Å². The fraction of sp³-hybridized carbons (Fsp3) is 0.500. The van der Waals surface area contributed by atoms with Crippen LogP contribution in [0.5, 0.6) is 0 Å². The lowest BCUT2D eigenvalue weighted by Gasteiger charge is -1.82. The van der Waals surface area contributed by atoms with E-state index in [1.165, 1.54) is 10.4 Å². The first-order chi connectivity index (χ1) is 4.36. The minimum absolute atomic E-state index is 1.12. The van der Waals surface area contributed by atoms with Crippen molar-refractivity contribution in [1.29, 1.82) is 0 Å². The molecule has 0 aliphatic rings. The first kappa shape index (κ1) is 6.81. The van der Waals surface area contributed by atoms with Crippen LogP contribution in [0.25, 0.3) is 0 Å². The van der Waals surface area contributed by atoms with Crippen molar-refractivity contribution in [2.45, 2.75) is 26.7 Å². The Morgan fingerprint density at radius 1 is 1.44 bits per heavy atom. The third-order valence-corrected chi connectivity index (χ3v) is 2.42. The largest absolute Gasteiger partial charge is 0.148 e. The monoisotopic (exact) mass is 139 g/mol. The van der Waals surface area contributed by atoms with E-state index in [0.717, 1.165) is 12.8 Å². The fourth-order valence-electron chi connectivity index (χ4n) is 0.724. The van der Waals surface area contributed by atoms with Crippen LogP contribution in [0.1, 0.15) is 24.3 Å². The van der Waals surface area contributed by atoms with Gasteiger partial charge in [-0.3, -0.25) is 0 Å². The van der Waals surface area contributed by atoms with Gasteiger partial charge in [0.15, 0.2) is 0 Å². The molecule has 0 aliphatic carbocycles. The molecule has 1 heterocycles. The Kier molecular flexibility index (Phi) is 2.29. The van der Waals surface area contributed by atoms with Crippen LogP contribution < -0.4 is 0 Å². The number of thiophene rings is 1. The molecular formula is C8H11S. The molecule has 0 aromatic carbocycles. The van der Waals surface area contributed by atoms with Crippen molar-refractivity contribution in [2.24, 2.45) is 0 Å². The lowest BCUT2D eigenvalue weighted by atomic mass is 10.2. The molecule has 0 spiro atoms. The standard InChI is InChI=1S/C8H11S/c1-3-7-5-8(4-2)9-6-7/h6H,3-4H2,1-2H3. The molecule has 0 nitrogen and oxygen atoms in total. The van der Waals surface area contributed by atoms with E-state index >= 15 is 0 Å². The Bertz CT molecular complexity index is 158. The van der Waals surface area contributed by atoms with E-state index in [9.17, 15) is 0 Å². The first-order valence-electron chi connectivity index (χ1n) is 3.35. The van der Waals surface area contributed by atoms with Gasteiger partial charge in [0, 0.05) is 10.9 Å². The van der Waals surface area contributed by atoms with Crippen molar-refractivity contribution in [3.63, 3.8) is 0 Å². The zero-order valence-electron chi connectivity index (χ0n) is 5.90. The highest BCUT2D eigenvalue weighted by atomic mass is 32.1. The van der Waals surface area contributed by atoms with Gasteiger partial charge in [-0.05, 0) is 23.8 Å². The molecule has 0 saturated heterocycles. The Hall–Kier alpha value is -0.300. The molecule has 0 unspecified atom stereocenters. The minimum Gasteiger partial charge on any atom is -0.148 e. The predicted octanol–water partition coefficient (Wildman–Crippen LogP) is 2.67. The molecule has 49 valence electrons. The van der Waals surface area contributed by atoms with Gasteiger partial charge in [-0.1, -0.05) is 13.8 Å². The van der Waals surface area contributed by atoms with Crippen LogP contribution in [-0.2, 0) is 12.8 Å². The van der Waals surface area contributed by atoms with Crippen LogP contribution in [-0.4, -0.2) is 0 Å². The summed E-state index contributed by atoms with van der Waals surface area (Å²) < 4.78 is 0. The summed E-state index contributed by atoms with van der Waals surface area (Å²) in [5.74, 6) is 0. The Balaban J connectivity index is 2.74. The topological polar surface area (TPSA) is 0 Å². The number of rotatable bonds is 2. The average Bonchev–Trinajstić information content (AvgIpc) is 2.34. The molecule has 1 radical (unpaired) electrons. The lowest BCUT2D eigenvalue weighted by molar-refractivity contribution is 1.12. The summed E-state index contributed by atoms with van der Waals surface area (Å²) in [6.07, 6.45) is 2.25. The van der Waals surface area contributed by atoms with Gasteiger partial charge >= 0.3 is 0 Å². The lowest BCUT2D eigenvalue weighted by Crippen LogP contribution is -1.72. The molecule has 0 aliphatic heterocycles. The molecule has 0 bridgehead atoms. The highest BCUT2D eigenvalue weighted by Crippen LogP contribution is 2.13. The Morgan fingerprint density at radius 3 is 2.56 bits per heavy atom. The Labute approximate surface area is 60.5 Å². The SMILES string of the molecule is CCc1[c]c(CC)sc1. The maximum absolute atomic E-state index is 3.33. The third kappa shape index (κ3) is 1.55. The molecule has 1 rings (SSSR count). The van der Waals surface area contributed by atoms with Gasteiger partial charge in [-0.15, -0.1) is 11.3 Å². The van der Waals surface area contributed by atoms with E-state index in [2.05, 4.69) is 25.3 Å². The number of hydrogen-bond donors (Lipinski definition) is 0. The third-order valence-electron chi connectivity index (χ3n) is 1.35. The van der Waals surface area contributed by atoms with Gasteiger partial charge in [-0.25, -0.2) is 0 Å². The van der Waals surface area contributed by atoms with Crippen molar-refractivity contribution in [1.82, 2.24) is 0 Å². The Morgan fingerprint density at radius 2 is 2.22 bits per heavy atom. The van der Waals surface area contributed by atoms with Crippen LogP contribution in [0, 0.1) is 6.07 Å². The highest BCUT2D eigenvalue weighted by molar-refractivity contribution is 7.10. The zero-order chi connectivity index (χ0) is 6.69. The maximum atomic E-state index is 3.33. The van der Waals surface area contributed by atoms with Crippen molar-refractivity contribution in [3.8, 4) is 0 Å². The first-order valence-corrected chi connectivity index (χ1v) is 4.23. The molecule has 0 saturated carbocycles. The zero-order valence-corrected chi connectivity index (χ0v) is 6.72. The molecule has 0 atom stereocenters. The summed E-state index contributed by atoms with van der Waals surface area (Å²) in [5, 5.41) is 2.19. The molecule has 1 aromatic heterocycles. The van der Waals surface area contributed by atoms with Gasteiger partial charge in [0.2, 0.25) is 0 Å². The van der Waals surface area contributed by atoms with Crippen LogP contribution in [0.2, 0.25) is 0 Å². The van der Waals surface area contributed by atoms with Gasteiger partial charge < -0.3 is 0 Å². The molecule has 9 heavy (non-hydrogen) atoms. The van der Waals surface area contributed by atoms with E-state index < -0.39 is 0 Å². The van der Waals surface area contributed by atoms with Crippen molar-refractivity contribution >= 4 is 11.3 Å². The van der Waals surface area contributed by atoms with Crippen molar-refractivity contribution in [3.05, 3.63) is 21.9 Å². The van der Waals surface area contributed by atoms with Gasteiger partial charge in [0.1, 0.15) is 0 Å². The van der Waals surface area contributed by atoms with E-state index in [1.54, 1.807) is 0 Å². The van der Waals surface area contributed by atoms with Gasteiger partial charge in [-0.2, -0.15) is 0 Å². The fourth-order valence-corrected chi connectivity index (χ4v) is 1.59. The second-order valence-electron chi connectivity index (χ2n) is 2.02. The van der Waals surface area contributed by atoms with Gasteiger partial charge in [0.25, 0.3) is 0 Å². The molecule has 0 N–H and O–H groups in total. The minimum atomic E-state index is 1.12. The molecular weight excluding hydrogens is 128 g/mol. The summed E-state index contributed by atoms with van der Waals surface area (Å²) in [6.45, 7) is 4.33. The second kappa shape index (κ2) is 3.02. The van der Waals surface area contributed by atoms with Crippen LogP contribution >= 0.6 is 11.3 Å². The van der Waals surface area contributed by atoms with Crippen molar-refractivity contribution < 1.29 is 0 Å². The number of hydrogen-bond acceptors (Lipinski definition) is 1. The second-order valence-corrected chi connectivity index (χ2v) is 2.98. The van der Waals surface area contributed by atoms with Crippen molar-refractivity contribution in [2.75, 3.05) is 0 Å². The van der Waals surface area contributed by atoms with Crippen LogP contribution in [0.3, 0.4) is 0 Å².